The molecule has 3 aliphatic heterocycles. The number of likely N-dealkylation sites (tertiary alicyclic amines) is 1. The molecule has 0 aliphatic carbocycles. The first kappa shape index (κ1) is 26.1. The zero-order valence-electron chi connectivity index (χ0n) is 21.9. The van der Waals surface area contributed by atoms with Crippen molar-refractivity contribution in [2.75, 3.05) is 24.6 Å². The van der Waals surface area contributed by atoms with E-state index < -0.39 is 23.0 Å². The Kier molecular flexibility index (Phi) is 6.98. The first-order valence-electron chi connectivity index (χ1n) is 13.4. The number of aliphatic hydroxyl groups excluding tert-OH is 2. The fourth-order valence-electron chi connectivity index (χ4n) is 6.83. The minimum Gasteiger partial charge on any atom is -0.391 e. The van der Waals surface area contributed by atoms with Gasteiger partial charge in [-0.3, -0.25) is 9.69 Å². The van der Waals surface area contributed by atoms with Crippen LogP contribution in [0.15, 0.2) is 78.9 Å². The molecule has 3 heterocycles. The number of carbonyl (C=O) groups is 1. The van der Waals surface area contributed by atoms with Gasteiger partial charge in [-0.2, -0.15) is 0 Å². The van der Waals surface area contributed by atoms with Crippen molar-refractivity contribution >= 4 is 29.3 Å². The Balaban J connectivity index is 1.50. The lowest BCUT2D eigenvalue weighted by molar-refractivity contribution is -0.165. The number of carbonyl (C=O) groups excluding carboxylic acids is 1. The third-order valence-corrected chi connectivity index (χ3v) is 11.9. The standard InChI is InChI=1S/C32H35NO3S2/c1-21-8-12-24(13-9-21)28-31(26(34)17-37-28)19-33(16-23-6-4-3-5-7-23)20-32(30(31)36)27(35)18-38-29(32)25-14-10-22(2)11-15-25/h3-15,26-29,34-35H,16-20H2,1-2H3/t26-,27+,28+,29-,31-,32+. The quantitative estimate of drug-likeness (QED) is 0.460. The fraction of sp³-hybridized carbons (Fsp3) is 0.406. The Bertz CT molecular complexity index is 1220. The van der Waals surface area contributed by atoms with Crippen molar-refractivity contribution in [3.05, 3.63) is 107 Å². The van der Waals surface area contributed by atoms with Crippen LogP contribution in [0.1, 0.15) is 38.3 Å². The van der Waals surface area contributed by atoms with Gasteiger partial charge < -0.3 is 10.2 Å². The summed E-state index contributed by atoms with van der Waals surface area (Å²) in [5.74, 6) is 1.07. The number of Topliss-reactive ketones (excluding diaryl/α,β-unsaturated/α-hetero) is 1. The van der Waals surface area contributed by atoms with Crippen molar-refractivity contribution in [3.63, 3.8) is 0 Å². The summed E-state index contributed by atoms with van der Waals surface area (Å²) < 4.78 is 0. The van der Waals surface area contributed by atoms with Gasteiger partial charge in [0, 0.05) is 41.6 Å². The van der Waals surface area contributed by atoms with E-state index in [0.29, 0.717) is 31.1 Å². The first-order chi connectivity index (χ1) is 18.3. The van der Waals surface area contributed by atoms with Crippen LogP contribution in [0.2, 0.25) is 0 Å². The van der Waals surface area contributed by atoms with Crippen LogP contribution in [0.4, 0.5) is 0 Å². The average Bonchev–Trinajstić information content (AvgIpc) is 3.41. The molecular formula is C32H35NO3S2. The fourth-order valence-corrected chi connectivity index (χ4v) is 10.1. The summed E-state index contributed by atoms with van der Waals surface area (Å²) in [6, 6.07) is 27.1. The summed E-state index contributed by atoms with van der Waals surface area (Å²) in [6.45, 7) is 5.77. The number of aryl methyl sites for hydroxylation is 2. The van der Waals surface area contributed by atoms with Gasteiger partial charge in [0.2, 0.25) is 0 Å². The highest BCUT2D eigenvalue weighted by Gasteiger charge is 2.70. The number of nitrogens with zero attached hydrogens (tertiary/aromatic N) is 1. The highest BCUT2D eigenvalue weighted by Crippen LogP contribution is 2.65. The summed E-state index contributed by atoms with van der Waals surface area (Å²) in [5, 5.41) is 23.1. The van der Waals surface area contributed by atoms with Crippen molar-refractivity contribution in [2.45, 2.75) is 43.1 Å². The molecule has 0 bridgehead atoms. The predicted octanol–water partition coefficient (Wildman–Crippen LogP) is 5.36. The number of aliphatic hydroxyl groups is 2. The molecule has 6 atom stereocenters. The molecule has 2 spiro atoms. The molecule has 6 rings (SSSR count). The molecule has 3 saturated heterocycles. The van der Waals surface area contributed by atoms with Gasteiger partial charge in [0.05, 0.1) is 23.0 Å². The second-order valence-corrected chi connectivity index (χ2v) is 13.6. The molecule has 0 radical (unpaired) electrons. The van der Waals surface area contributed by atoms with Gasteiger partial charge in [0.25, 0.3) is 0 Å². The number of rotatable bonds is 4. The van der Waals surface area contributed by atoms with Crippen molar-refractivity contribution in [1.82, 2.24) is 4.90 Å². The summed E-state index contributed by atoms with van der Waals surface area (Å²) in [5.41, 5.74) is 3.68. The normalized spacial score (nSPS) is 33.4. The average molecular weight is 546 g/mol. The Morgan fingerprint density at radius 3 is 1.63 bits per heavy atom. The Morgan fingerprint density at radius 1 is 0.737 bits per heavy atom. The van der Waals surface area contributed by atoms with Gasteiger partial charge in [-0.25, -0.2) is 0 Å². The van der Waals surface area contributed by atoms with E-state index in [-0.39, 0.29) is 16.3 Å². The molecule has 0 unspecified atom stereocenters. The van der Waals surface area contributed by atoms with E-state index in [1.807, 2.05) is 18.2 Å². The smallest absolute Gasteiger partial charge is 0.155 e. The molecule has 38 heavy (non-hydrogen) atoms. The van der Waals surface area contributed by atoms with Gasteiger partial charge in [0.1, 0.15) is 0 Å². The molecule has 198 valence electrons. The number of piperidine rings is 1. The van der Waals surface area contributed by atoms with Gasteiger partial charge in [-0.1, -0.05) is 90.0 Å². The monoisotopic (exact) mass is 545 g/mol. The highest BCUT2D eigenvalue weighted by atomic mass is 32.2. The maximum atomic E-state index is 15.1. The van der Waals surface area contributed by atoms with Gasteiger partial charge >= 0.3 is 0 Å². The van der Waals surface area contributed by atoms with E-state index in [2.05, 4.69) is 79.4 Å². The van der Waals surface area contributed by atoms with Crippen LogP contribution < -0.4 is 0 Å². The first-order valence-corrected chi connectivity index (χ1v) is 15.5. The summed E-state index contributed by atoms with van der Waals surface area (Å²) in [7, 11) is 0. The molecule has 3 aromatic rings. The topological polar surface area (TPSA) is 60.8 Å². The third-order valence-electron chi connectivity index (χ3n) is 8.79. The minimum absolute atomic E-state index is 0.0421. The van der Waals surface area contributed by atoms with Crippen molar-refractivity contribution in [1.29, 1.82) is 0 Å². The number of benzene rings is 3. The second-order valence-electron chi connectivity index (χ2n) is 11.3. The van der Waals surface area contributed by atoms with Crippen LogP contribution in [0.3, 0.4) is 0 Å². The Labute approximate surface area is 233 Å². The number of thioether (sulfide) groups is 2. The maximum absolute atomic E-state index is 15.1. The molecule has 2 N–H and O–H groups in total. The Morgan fingerprint density at radius 2 is 1.18 bits per heavy atom. The lowest BCUT2D eigenvalue weighted by Gasteiger charge is -2.54. The van der Waals surface area contributed by atoms with Crippen molar-refractivity contribution < 1.29 is 15.0 Å². The van der Waals surface area contributed by atoms with Crippen LogP contribution in [-0.4, -0.2) is 57.7 Å². The van der Waals surface area contributed by atoms with E-state index >= 15 is 4.79 Å². The van der Waals surface area contributed by atoms with Gasteiger partial charge in [-0.05, 0) is 30.5 Å². The van der Waals surface area contributed by atoms with E-state index in [1.54, 1.807) is 23.5 Å². The summed E-state index contributed by atoms with van der Waals surface area (Å²) in [6.07, 6.45) is -1.56. The van der Waals surface area contributed by atoms with Crippen LogP contribution in [-0.2, 0) is 11.3 Å². The highest BCUT2D eigenvalue weighted by molar-refractivity contribution is 8.00. The molecule has 3 aromatic carbocycles. The largest absolute Gasteiger partial charge is 0.391 e. The number of hydrogen-bond acceptors (Lipinski definition) is 6. The summed E-state index contributed by atoms with van der Waals surface area (Å²) >= 11 is 3.37. The zero-order valence-corrected chi connectivity index (χ0v) is 23.5. The van der Waals surface area contributed by atoms with Crippen LogP contribution >= 0.6 is 23.5 Å². The van der Waals surface area contributed by atoms with Crippen molar-refractivity contribution in [2.24, 2.45) is 10.8 Å². The molecule has 3 aliphatic rings. The van der Waals surface area contributed by atoms with E-state index in [9.17, 15) is 10.2 Å². The number of hydrogen-bond donors (Lipinski definition) is 2. The van der Waals surface area contributed by atoms with E-state index in [1.165, 1.54) is 16.7 Å². The summed E-state index contributed by atoms with van der Waals surface area (Å²) in [4.78, 5) is 17.5. The van der Waals surface area contributed by atoms with E-state index in [4.69, 9.17) is 0 Å². The van der Waals surface area contributed by atoms with Gasteiger partial charge in [0.15, 0.2) is 5.78 Å². The third kappa shape index (κ3) is 4.16. The van der Waals surface area contributed by atoms with Gasteiger partial charge in [-0.15, -0.1) is 23.5 Å². The lowest BCUT2D eigenvalue weighted by Crippen LogP contribution is -2.67. The predicted molar refractivity (Wildman–Crippen MR) is 156 cm³/mol. The second kappa shape index (κ2) is 10.1. The zero-order chi connectivity index (χ0) is 26.5. The molecule has 0 aromatic heterocycles. The minimum atomic E-state index is -0.998. The molecule has 3 fully saturated rings. The van der Waals surface area contributed by atoms with Crippen LogP contribution in [0, 0.1) is 24.7 Å². The molecule has 0 saturated carbocycles. The van der Waals surface area contributed by atoms with Crippen molar-refractivity contribution in [3.8, 4) is 0 Å². The molecule has 6 heteroatoms. The van der Waals surface area contributed by atoms with Crippen LogP contribution in [0.5, 0.6) is 0 Å². The molecule has 0 amide bonds. The molecule has 4 nitrogen and oxygen atoms in total. The lowest BCUT2D eigenvalue weighted by atomic mass is 9.57. The molecular weight excluding hydrogens is 510 g/mol. The number of ketones is 1. The SMILES string of the molecule is Cc1ccc([C@H]2SC[C@H](O)[C@@]23CN(Cc2ccccc2)C[C@@]2(C3=O)[C@H](O)CS[C@H]2c2ccc(C)cc2)cc1. The van der Waals surface area contributed by atoms with Crippen LogP contribution in [0.25, 0.3) is 0 Å². The van der Waals surface area contributed by atoms with E-state index in [0.717, 1.165) is 11.1 Å². The Hall–Kier alpha value is -2.09. The maximum Gasteiger partial charge on any atom is 0.155 e.